The summed E-state index contributed by atoms with van der Waals surface area (Å²) in [5, 5.41) is 2.99. The topological polar surface area (TPSA) is 88.6 Å². The number of hydrogen-bond donors (Lipinski definition) is 1. The van der Waals surface area contributed by atoms with E-state index in [0.29, 0.717) is 23.5 Å². The Balaban J connectivity index is 2.50. The normalized spacial score (nSPS) is 10.7. The van der Waals surface area contributed by atoms with E-state index >= 15 is 0 Å². The van der Waals surface area contributed by atoms with E-state index in [1.165, 1.54) is 12.3 Å². The van der Waals surface area contributed by atoms with Gasteiger partial charge in [-0.25, -0.2) is 9.78 Å². The van der Waals surface area contributed by atoms with Crippen LogP contribution in [-0.4, -0.2) is 46.9 Å². The highest BCUT2D eigenvalue weighted by Gasteiger charge is 2.29. The summed E-state index contributed by atoms with van der Waals surface area (Å²) < 4.78 is 5.33. The molecule has 1 N–H and O–H groups in total. The average Bonchev–Trinajstić information content (AvgIpc) is 2.98. The maximum Gasteiger partial charge on any atom is 0.341 e. The second-order valence-electron chi connectivity index (χ2n) is 6.49. The predicted molar refractivity (Wildman–Crippen MR) is 114 cm³/mol. The molecule has 2 aromatic heterocycles. The molecule has 9 heteroatoms. The van der Waals surface area contributed by atoms with Crippen molar-refractivity contribution in [3.8, 4) is 0 Å². The van der Waals surface area contributed by atoms with E-state index in [0.717, 1.165) is 11.3 Å². The fraction of sp³-hybridized carbons (Fsp3) is 0.400. The Hall–Kier alpha value is -2.45. The fourth-order valence-corrected chi connectivity index (χ4v) is 4.07. The molecule has 0 saturated carbocycles. The van der Waals surface area contributed by atoms with Gasteiger partial charge in [-0.1, -0.05) is 11.6 Å². The Morgan fingerprint density at radius 1 is 1.28 bits per heavy atom. The monoisotopic (exact) mass is 437 g/mol. The van der Waals surface area contributed by atoms with Gasteiger partial charge in [-0.15, -0.1) is 11.3 Å². The van der Waals surface area contributed by atoms with Gasteiger partial charge in [0.05, 0.1) is 22.1 Å². The fourth-order valence-electron chi connectivity index (χ4n) is 2.70. The van der Waals surface area contributed by atoms with Crippen LogP contribution in [0.25, 0.3) is 0 Å². The number of nitrogens with one attached hydrogen (secondary N) is 1. The van der Waals surface area contributed by atoms with Gasteiger partial charge < -0.3 is 15.0 Å². The molecule has 156 valence electrons. The second-order valence-corrected chi connectivity index (χ2v) is 7.87. The van der Waals surface area contributed by atoms with Crippen LogP contribution >= 0.6 is 22.9 Å². The summed E-state index contributed by atoms with van der Waals surface area (Å²) >= 11 is 7.05. The first kappa shape index (κ1) is 22.8. The largest absolute Gasteiger partial charge is 0.459 e. The molecule has 0 unspecified atom stereocenters. The molecular formula is C20H24ClN3O4S. The summed E-state index contributed by atoms with van der Waals surface area (Å²) in [6, 6.07) is 3.11. The second kappa shape index (κ2) is 9.84. The summed E-state index contributed by atoms with van der Waals surface area (Å²) in [5.41, 5.74) is 0.817. The first-order valence-electron chi connectivity index (χ1n) is 9.26. The lowest BCUT2D eigenvalue weighted by Gasteiger charge is -2.18. The molecular weight excluding hydrogens is 414 g/mol. The molecule has 0 aliphatic heterocycles. The number of hydrogen-bond acceptors (Lipinski definition) is 6. The van der Waals surface area contributed by atoms with E-state index in [2.05, 4.69) is 10.3 Å². The van der Waals surface area contributed by atoms with Gasteiger partial charge in [0.25, 0.3) is 11.8 Å². The molecule has 0 bridgehead atoms. The molecule has 2 aromatic rings. The van der Waals surface area contributed by atoms with Crippen LogP contribution in [-0.2, 0) is 4.74 Å². The molecule has 2 heterocycles. The quantitative estimate of drug-likeness (QED) is 0.512. The highest BCUT2D eigenvalue weighted by Crippen LogP contribution is 2.35. The van der Waals surface area contributed by atoms with E-state index in [-0.39, 0.29) is 33.3 Å². The maximum absolute atomic E-state index is 12.9. The zero-order valence-electron chi connectivity index (χ0n) is 17.0. The Morgan fingerprint density at radius 3 is 2.48 bits per heavy atom. The number of aromatic nitrogens is 1. The van der Waals surface area contributed by atoms with Crippen molar-refractivity contribution in [2.24, 2.45) is 0 Å². The molecule has 2 amide bonds. The third-order valence-electron chi connectivity index (χ3n) is 4.17. The summed E-state index contributed by atoms with van der Waals surface area (Å²) in [6.45, 7) is 9.97. The van der Waals surface area contributed by atoms with Crippen molar-refractivity contribution >= 4 is 45.7 Å². The van der Waals surface area contributed by atoms with Gasteiger partial charge in [-0.2, -0.15) is 0 Å². The molecule has 0 aliphatic rings. The highest BCUT2D eigenvalue weighted by molar-refractivity contribution is 7.18. The number of esters is 1. The van der Waals surface area contributed by atoms with Crippen molar-refractivity contribution in [2.45, 2.75) is 40.7 Å². The molecule has 0 spiro atoms. The number of carbonyl (C=O) groups excluding carboxylic acids is 3. The third kappa shape index (κ3) is 5.13. The van der Waals surface area contributed by atoms with Gasteiger partial charge >= 0.3 is 5.97 Å². The van der Waals surface area contributed by atoms with Gasteiger partial charge in [0.15, 0.2) is 0 Å². The predicted octanol–water partition coefficient (Wildman–Crippen LogP) is 4.40. The Bertz CT molecular complexity index is 922. The number of anilines is 1. The maximum atomic E-state index is 12.9. The van der Waals surface area contributed by atoms with Crippen molar-refractivity contribution in [1.82, 2.24) is 9.88 Å². The van der Waals surface area contributed by atoms with Crippen LogP contribution in [0.2, 0.25) is 5.15 Å². The molecule has 7 nitrogen and oxygen atoms in total. The number of thiophene rings is 1. The first-order chi connectivity index (χ1) is 13.7. The van der Waals surface area contributed by atoms with Crippen LogP contribution in [0.15, 0.2) is 18.3 Å². The lowest BCUT2D eigenvalue weighted by molar-refractivity contribution is 0.0379. The van der Waals surface area contributed by atoms with Crippen molar-refractivity contribution in [1.29, 1.82) is 0 Å². The van der Waals surface area contributed by atoms with Gasteiger partial charge in [0.2, 0.25) is 0 Å². The van der Waals surface area contributed by atoms with Gasteiger partial charge in [-0.05, 0) is 52.3 Å². The Labute approximate surface area is 179 Å². The molecule has 0 saturated heterocycles. The third-order valence-corrected chi connectivity index (χ3v) is 5.67. The Kier molecular flexibility index (Phi) is 7.75. The smallest absolute Gasteiger partial charge is 0.341 e. The van der Waals surface area contributed by atoms with E-state index < -0.39 is 11.9 Å². The number of ether oxygens (including phenoxy) is 1. The van der Waals surface area contributed by atoms with Crippen LogP contribution in [0.1, 0.15) is 63.6 Å². The summed E-state index contributed by atoms with van der Waals surface area (Å²) in [4.78, 5) is 44.2. The summed E-state index contributed by atoms with van der Waals surface area (Å²) in [5.74, 6) is -1.32. The molecule has 0 radical (unpaired) electrons. The van der Waals surface area contributed by atoms with Crippen LogP contribution in [0, 0.1) is 6.92 Å². The molecule has 2 rings (SSSR count). The zero-order chi connectivity index (χ0) is 21.7. The number of pyridine rings is 1. The van der Waals surface area contributed by atoms with Crippen LogP contribution in [0.4, 0.5) is 5.00 Å². The van der Waals surface area contributed by atoms with Gasteiger partial charge in [0.1, 0.15) is 10.2 Å². The minimum absolute atomic E-state index is 0.0454. The van der Waals surface area contributed by atoms with E-state index in [9.17, 15) is 14.4 Å². The summed E-state index contributed by atoms with van der Waals surface area (Å²) in [7, 11) is 0. The number of carbonyl (C=O) groups is 3. The van der Waals surface area contributed by atoms with E-state index in [1.807, 2.05) is 13.8 Å². The number of rotatable bonds is 7. The number of nitrogens with zero attached hydrogens (tertiary/aromatic N) is 2. The van der Waals surface area contributed by atoms with Crippen LogP contribution in [0.3, 0.4) is 0 Å². The minimum Gasteiger partial charge on any atom is -0.459 e. The van der Waals surface area contributed by atoms with Crippen molar-refractivity contribution in [3.63, 3.8) is 0 Å². The first-order valence-corrected chi connectivity index (χ1v) is 10.5. The molecule has 0 aromatic carbocycles. The lowest BCUT2D eigenvalue weighted by atomic mass is 10.1. The average molecular weight is 438 g/mol. The summed E-state index contributed by atoms with van der Waals surface area (Å²) in [6.07, 6.45) is 1.13. The van der Waals surface area contributed by atoms with Crippen molar-refractivity contribution in [3.05, 3.63) is 45.1 Å². The van der Waals surface area contributed by atoms with Gasteiger partial charge in [-0.3, -0.25) is 9.59 Å². The molecule has 0 aliphatic carbocycles. The minimum atomic E-state index is -0.597. The van der Waals surface area contributed by atoms with Crippen molar-refractivity contribution in [2.75, 3.05) is 18.4 Å². The molecule has 0 atom stereocenters. The van der Waals surface area contributed by atoms with Gasteiger partial charge in [0, 0.05) is 19.3 Å². The zero-order valence-corrected chi connectivity index (χ0v) is 18.6. The molecule has 29 heavy (non-hydrogen) atoms. The van der Waals surface area contributed by atoms with E-state index in [4.69, 9.17) is 16.3 Å². The standard InChI is InChI=1S/C20H24ClN3O4S/c1-6-24(7-2)19(26)15-12(5)14(20(27)28-11(3)4)18(29-15)23-17(25)13-9-8-10-22-16(13)21/h8-11H,6-7H2,1-5H3,(H,23,25). The highest BCUT2D eigenvalue weighted by atomic mass is 35.5. The lowest BCUT2D eigenvalue weighted by Crippen LogP contribution is -2.30. The Morgan fingerprint density at radius 2 is 1.93 bits per heavy atom. The van der Waals surface area contributed by atoms with Crippen molar-refractivity contribution < 1.29 is 19.1 Å². The number of amides is 2. The van der Waals surface area contributed by atoms with Crippen LogP contribution in [0.5, 0.6) is 0 Å². The molecule has 0 fully saturated rings. The number of halogens is 1. The van der Waals surface area contributed by atoms with Crippen LogP contribution < -0.4 is 5.32 Å². The van der Waals surface area contributed by atoms with E-state index in [1.54, 1.807) is 31.7 Å². The SMILES string of the molecule is CCN(CC)C(=O)c1sc(NC(=O)c2cccnc2Cl)c(C(=O)OC(C)C)c1C.